The molecule has 0 bridgehead atoms. The van der Waals surface area contributed by atoms with Gasteiger partial charge in [0.2, 0.25) is 0 Å². The predicted molar refractivity (Wildman–Crippen MR) is 40.4 cm³/mol. The summed E-state index contributed by atoms with van der Waals surface area (Å²) in [6.45, 7) is 1.99. The third-order valence-corrected chi connectivity index (χ3v) is 1.55. The first-order valence-corrected chi connectivity index (χ1v) is 3.38. The van der Waals surface area contributed by atoms with Crippen molar-refractivity contribution in [2.75, 3.05) is 0 Å². The Morgan fingerprint density at radius 1 is 1.36 bits per heavy atom. The number of hydrogen-bond acceptors (Lipinski definition) is 2. The molecule has 1 N–H and O–H groups in total. The van der Waals surface area contributed by atoms with Crippen LogP contribution in [0, 0.1) is 6.92 Å². The lowest BCUT2D eigenvalue weighted by molar-refractivity contribution is 0.809. The molecule has 0 fully saturated rings. The van der Waals surface area contributed by atoms with Crippen LogP contribution >= 0.6 is 0 Å². The third kappa shape index (κ3) is 0.920. The monoisotopic (exact) mass is 148 g/mol. The Labute approximate surface area is 63.9 Å². The first kappa shape index (κ1) is 6.15. The van der Waals surface area contributed by atoms with E-state index in [0.717, 1.165) is 11.5 Å². The van der Waals surface area contributed by atoms with Crippen LogP contribution in [0.4, 0.5) is 0 Å². The minimum atomic E-state index is 0.896. The standard InChI is InChI=1S/C7H8N4/c1-6-2-5-9-11(6)7-3-4-8-10-7/h2-5H,1H3,(H,8,10). The second kappa shape index (κ2) is 2.23. The molecular formula is C7H8N4. The van der Waals surface area contributed by atoms with Crippen LogP contribution in [-0.2, 0) is 0 Å². The fourth-order valence-corrected chi connectivity index (χ4v) is 0.988. The first-order chi connectivity index (χ1) is 5.38. The molecule has 0 saturated carbocycles. The maximum atomic E-state index is 4.10. The Bertz CT molecular complexity index is 333. The van der Waals surface area contributed by atoms with Gasteiger partial charge < -0.3 is 0 Å². The average molecular weight is 148 g/mol. The molecule has 0 aromatic carbocycles. The van der Waals surface area contributed by atoms with Crippen molar-refractivity contribution >= 4 is 0 Å². The van der Waals surface area contributed by atoms with Gasteiger partial charge in [0.05, 0.1) is 6.20 Å². The van der Waals surface area contributed by atoms with Crippen molar-refractivity contribution in [3.05, 3.63) is 30.2 Å². The van der Waals surface area contributed by atoms with Crippen LogP contribution in [0.25, 0.3) is 5.82 Å². The molecular weight excluding hydrogens is 140 g/mol. The highest BCUT2D eigenvalue weighted by atomic mass is 15.3. The molecule has 0 radical (unpaired) electrons. The van der Waals surface area contributed by atoms with Gasteiger partial charge in [-0.25, -0.2) is 4.68 Å². The maximum absolute atomic E-state index is 4.10. The number of H-pyrrole nitrogens is 1. The highest BCUT2D eigenvalue weighted by Crippen LogP contribution is 2.03. The molecule has 0 spiro atoms. The second-order valence-electron chi connectivity index (χ2n) is 2.33. The van der Waals surface area contributed by atoms with E-state index < -0.39 is 0 Å². The van der Waals surface area contributed by atoms with Gasteiger partial charge in [-0.1, -0.05) is 0 Å². The summed E-state index contributed by atoms with van der Waals surface area (Å²) in [7, 11) is 0. The summed E-state index contributed by atoms with van der Waals surface area (Å²) in [6, 6.07) is 3.82. The van der Waals surface area contributed by atoms with E-state index in [0.29, 0.717) is 0 Å². The summed E-state index contributed by atoms with van der Waals surface area (Å²) in [5.74, 6) is 0.896. The van der Waals surface area contributed by atoms with Gasteiger partial charge in [-0.3, -0.25) is 5.10 Å². The maximum Gasteiger partial charge on any atom is 0.149 e. The molecule has 0 unspecified atom stereocenters. The molecule has 56 valence electrons. The van der Waals surface area contributed by atoms with Crippen LogP contribution in [0.3, 0.4) is 0 Å². The highest BCUT2D eigenvalue weighted by Gasteiger charge is 1.99. The van der Waals surface area contributed by atoms with Crippen LogP contribution in [0.2, 0.25) is 0 Å². The van der Waals surface area contributed by atoms with Gasteiger partial charge in [0.25, 0.3) is 0 Å². The molecule has 2 aromatic rings. The molecule has 0 aliphatic carbocycles. The van der Waals surface area contributed by atoms with Crippen molar-refractivity contribution in [3.63, 3.8) is 0 Å². The quantitative estimate of drug-likeness (QED) is 0.653. The molecule has 11 heavy (non-hydrogen) atoms. The molecule has 2 rings (SSSR count). The Balaban J connectivity index is 2.53. The van der Waals surface area contributed by atoms with E-state index in [4.69, 9.17) is 0 Å². The molecule has 2 heterocycles. The number of aromatic amines is 1. The second-order valence-corrected chi connectivity index (χ2v) is 2.33. The summed E-state index contributed by atoms with van der Waals surface area (Å²) in [5, 5.41) is 10.8. The zero-order chi connectivity index (χ0) is 7.68. The SMILES string of the molecule is Cc1ccnn1-c1ccn[nH]1. The first-order valence-electron chi connectivity index (χ1n) is 3.38. The van der Waals surface area contributed by atoms with Crippen molar-refractivity contribution in [2.45, 2.75) is 6.92 Å². The van der Waals surface area contributed by atoms with Crippen LogP contribution < -0.4 is 0 Å². The Morgan fingerprint density at radius 3 is 2.82 bits per heavy atom. The Hall–Kier alpha value is -1.58. The number of rotatable bonds is 1. The molecule has 0 amide bonds. The van der Waals surface area contributed by atoms with E-state index in [1.54, 1.807) is 17.1 Å². The lowest BCUT2D eigenvalue weighted by Crippen LogP contribution is -1.98. The fourth-order valence-electron chi connectivity index (χ4n) is 0.988. The van der Waals surface area contributed by atoms with Gasteiger partial charge in [-0.2, -0.15) is 10.2 Å². The van der Waals surface area contributed by atoms with E-state index in [-0.39, 0.29) is 0 Å². The van der Waals surface area contributed by atoms with E-state index in [2.05, 4.69) is 15.3 Å². The van der Waals surface area contributed by atoms with Crippen LogP contribution in [0.15, 0.2) is 24.5 Å². The van der Waals surface area contributed by atoms with Crippen LogP contribution in [0.1, 0.15) is 5.69 Å². The van der Waals surface area contributed by atoms with Gasteiger partial charge >= 0.3 is 0 Å². The lowest BCUT2D eigenvalue weighted by atomic mass is 10.5. The van der Waals surface area contributed by atoms with Gasteiger partial charge in [0.15, 0.2) is 0 Å². The molecule has 0 aliphatic heterocycles. The number of aryl methyl sites for hydroxylation is 1. The normalized spacial score (nSPS) is 10.3. The molecule has 0 aliphatic rings. The van der Waals surface area contributed by atoms with Gasteiger partial charge in [-0.05, 0) is 13.0 Å². The van der Waals surface area contributed by atoms with Gasteiger partial charge in [-0.15, -0.1) is 0 Å². The summed E-state index contributed by atoms with van der Waals surface area (Å²) in [4.78, 5) is 0. The van der Waals surface area contributed by atoms with Gasteiger partial charge in [0.1, 0.15) is 5.82 Å². The number of hydrogen-bond donors (Lipinski definition) is 1. The molecule has 4 nitrogen and oxygen atoms in total. The molecule has 0 atom stereocenters. The third-order valence-electron chi connectivity index (χ3n) is 1.55. The van der Waals surface area contributed by atoms with Crippen molar-refractivity contribution in [1.82, 2.24) is 20.0 Å². The van der Waals surface area contributed by atoms with E-state index >= 15 is 0 Å². The summed E-state index contributed by atoms with van der Waals surface area (Å²) < 4.78 is 1.80. The topological polar surface area (TPSA) is 46.5 Å². The minimum Gasteiger partial charge on any atom is -0.261 e. The number of nitrogens with zero attached hydrogens (tertiary/aromatic N) is 3. The largest absolute Gasteiger partial charge is 0.261 e. The molecule has 2 aromatic heterocycles. The van der Waals surface area contributed by atoms with E-state index in [1.807, 2.05) is 19.1 Å². The minimum absolute atomic E-state index is 0.896. The van der Waals surface area contributed by atoms with Crippen molar-refractivity contribution in [2.24, 2.45) is 0 Å². The predicted octanol–water partition coefficient (Wildman–Crippen LogP) is 0.904. The molecule has 0 saturated heterocycles. The Kier molecular flexibility index (Phi) is 1.25. The van der Waals surface area contributed by atoms with Gasteiger partial charge in [0, 0.05) is 18.0 Å². The van der Waals surface area contributed by atoms with E-state index in [9.17, 15) is 0 Å². The highest BCUT2D eigenvalue weighted by molar-refractivity contribution is 5.20. The lowest BCUT2D eigenvalue weighted by Gasteiger charge is -1.97. The van der Waals surface area contributed by atoms with Crippen molar-refractivity contribution in [3.8, 4) is 5.82 Å². The number of aromatic nitrogens is 4. The zero-order valence-electron chi connectivity index (χ0n) is 6.15. The summed E-state index contributed by atoms with van der Waals surface area (Å²) in [6.07, 6.45) is 3.46. The summed E-state index contributed by atoms with van der Waals surface area (Å²) >= 11 is 0. The Morgan fingerprint density at radius 2 is 2.27 bits per heavy atom. The van der Waals surface area contributed by atoms with Crippen LogP contribution in [0.5, 0.6) is 0 Å². The smallest absolute Gasteiger partial charge is 0.149 e. The van der Waals surface area contributed by atoms with Crippen molar-refractivity contribution in [1.29, 1.82) is 0 Å². The average Bonchev–Trinajstić information content (AvgIpc) is 2.55. The summed E-state index contributed by atoms with van der Waals surface area (Å²) in [5.41, 5.74) is 1.09. The zero-order valence-corrected chi connectivity index (χ0v) is 6.15. The van der Waals surface area contributed by atoms with Crippen molar-refractivity contribution < 1.29 is 0 Å². The number of nitrogens with one attached hydrogen (secondary N) is 1. The van der Waals surface area contributed by atoms with Crippen LogP contribution in [-0.4, -0.2) is 20.0 Å². The molecule has 4 heteroatoms. The fraction of sp³-hybridized carbons (Fsp3) is 0.143. The van der Waals surface area contributed by atoms with E-state index in [1.165, 1.54) is 0 Å².